The molecule has 5 aromatic carbocycles. The highest BCUT2D eigenvalue weighted by molar-refractivity contribution is 7.98. The molecule has 0 fully saturated rings. The Labute approximate surface area is 347 Å². The Morgan fingerprint density at radius 1 is 0.750 bits per heavy atom. The molecule has 6 aromatic rings. The second-order valence-electron chi connectivity index (χ2n) is 15.4. The van der Waals surface area contributed by atoms with Gasteiger partial charge in [-0.2, -0.15) is 0 Å². The molecule has 2 heteroatoms. The van der Waals surface area contributed by atoms with Crippen LogP contribution in [0.3, 0.4) is 0 Å². The Balaban J connectivity index is 0.000000159. The summed E-state index contributed by atoms with van der Waals surface area (Å²) in [5.74, 6) is 1.11. The third-order valence-corrected chi connectivity index (χ3v) is 13.0. The molecule has 0 N–H and O–H groups in total. The molecule has 0 aliphatic heterocycles. The summed E-state index contributed by atoms with van der Waals surface area (Å²) in [6, 6.07) is 39.9. The second kappa shape index (κ2) is 20.7. The van der Waals surface area contributed by atoms with E-state index in [1.807, 2.05) is 25.2 Å². The first kappa shape index (κ1) is 42.8. The summed E-state index contributed by atoms with van der Waals surface area (Å²) < 4.78 is 2.81. The lowest BCUT2D eigenvalue weighted by molar-refractivity contribution is 0.279. The molecule has 0 saturated heterocycles. The summed E-state index contributed by atoms with van der Waals surface area (Å²) in [5.41, 5.74) is 14.7. The largest absolute Gasteiger partial charge is 0.135 e. The van der Waals surface area contributed by atoms with Crippen molar-refractivity contribution in [2.45, 2.75) is 98.3 Å². The van der Waals surface area contributed by atoms with Gasteiger partial charge in [-0.3, -0.25) is 0 Å². The molecule has 2 aliphatic carbocycles. The number of thioether (sulfide) groups is 1. The van der Waals surface area contributed by atoms with Gasteiger partial charge in [-0.1, -0.05) is 169 Å². The van der Waals surface area contributed by atoms with Crippen LogP contribution < -0.4 is 0 Å². The first-order valence-electron chi connectivity index (χ1n) is 20.7. The topological polar surface area (TPSA) is 0 Å². The van der Waals surface area contributed by atoms with Crippen molar-refractivity contribution in [2.24, 2.45) is 11.3 Å². The van der Waals surface area contributed by atoms with E-state index in [0.29, 0.717) is 17.3 Å². The molecule has 0 radical (unpaired) electrons. The summed E-state index contributed by atoms with van der Waals surface area (Å²) >= 11 is 3.70. The lowest BCUT2D eigenvalue weighted by Gasteiger charge is -2.28. The highest BCUT2D eigenvalue weighted by atomic mass is 32.2. The molecule has 0 bridgehead atoms. The van der Waals surface area contributed by atoms with Gasteiger partial charge >= 0.3 is 0 Å². The molecule has 8 rings (SSSR count). The predicted octanol–water partition coefficient (Wildman–Crippen LogP) is 16.7. The molecule has 1 heterocycles. The maximum absolute atomic E-state index is 3.17. The Morgan fingerprint density at radius 2 is 1.45 bits per heavy atom. The fourth-order valence-electron chi connectivity index (χ4n) is 7.67. The van der Waals surface area contributed by atoms with Crippen molar-refractivity contribution < 1.29 is 0 Å². The minimum Gasteiger partial charge on any atom is -0.135 e. The number of allylic oxidation sites excluding steroid dienone is 5. The van der Waals surface area contributed by atoms with Gasteiger partial charge in [0.15, 0.2) is 0 Å². The molecule has 0 nitrogen and oxygen atoms in total. The van der Waals surface area contributed by atoms with Gasteiger partial charge < -0.3 is 0 Å². The summed E-state index contributed by atoms with van der Waals surface area (Å²) in [5, 5.41) is 2.84. The van der Waals surface area contributed by atoms with E-state index in [4.69, 9.17) is 0 Å². The van der Waals surface area contributed by atoms with Crippen LogP contribution in [0.5, 0.6) is 0 Å². The molecule has 290 valence electrons. The Bertz CT molecular complexity index is 2310. The van der Waals surface area contributed by atoms with Crippen LogP contribution in [0, 0.1) is 25.2 Å². The molecule has 2 aliphatic rings. The van der Waals surface area contributed by atoms with Crippen LogP contribution in [0.15, 0.2) is 156 Å². The standard InChI is InChI=1S/C20H24S.C18H18.C14H14S.C2H6/c1-4-12-20(3,5-2)14-15-10-11-19-17(13-15)16-8-6-7-9-18(16)21-19;1-13-5-3-4-6-17(13)18-12-16(8-7-14(18)2)11-15-9-10-15;1-11-8-9-14(15-2)13(10-11)12-6-4-3-5-7-12;1-2/h6-11,13H,4-5,12,14H2,1-3H3;3-9,12-13,17H,11H2,1-2H3;3-10H,1-2H3;1-2H3. The number of hydrogen-bond donors (Lipinski definition) is 0. The quantitative estimate of drug-likeness (QED) is 0.0987. The van der Waals surface area contributed by atoms with Crippen LogP contribution in [-0.4, -0.2) is 6.26 Å². The number of benzene rings is 5. The molecular formula is C54H62S2. The minimum absolute atomic E-state index is 0.439. The van der Waals surface area contributed by atoms with Crippen molar-refractivity contribution >= 4 is 43.3 Å². The zero-order chi connectivity index (χ0) is 40.1. The van der Waals surface area contributed by atoms with Gasteiger partial charge in [-0.05, 0) is 108 Å². The van der Waals surface area contributed by atoms with Crippen molar-refractivity contribution in [3.8, 4) is 11.1 Å². The van der Waals surface area contributed by atoms with Gasteiger partial charge in [0.05, 0.1) is 0 Å². The molecule has 56 heavy (non-hydrogen) atoms. The SMILES string of the molecule is CC.CCCC(C)(CC)Cc1ccc2sc3ccccc3c2c1.CSc1ccc(C)cc1-c1ccccc1.Cc1ccc(CC2=C=C2)cc1C1C=CC=CC1C. The van der Waals surface area contributed by atoms with E-state index < -0.39 is 0 Å². The van der Waals surface area contributed by atoms with Crippen LogP contribution in [-0.2, 0) is 12.8 Å². The third kappa shape index (κ3) is 11.4. The first-order chi connectivity index (χ1) is 27.2. The molecule has 3 atom stereocenters. The van der Waals surface area contributed by atoms with Gasteiger partial charge in [0.25, 0.3) is 0 Å². The number of aryl methyl sites for hydroxylation is 2. The number of hydrogen-bond acceptors (Lipinski definition) is 2. The second-order valence-corrected chi connectivity index (χ2v) is 17.4. The van der Waals surface area contributed by atoms with Crippen LogP contribution >= 0.6 is 23.1 Å². The first-order valence-corrected chi connectivity index (χ1v) is 22.7. The highest BCUT2D eigenvalue weighted by Crippen LogP contribution is 2.38. The van der Waals surface area contributed by atoms with Crippen molar-refractivity contribution in [3.05, 3.63) is 179 Å². The van der Waals surface area contributed by atoms with Gasteiger partial charge in [0.2, 0.25) is 0 Å². The van der Waals surface area contributed by atoms with E-state index in [1.54, 1.807) is 11.8 Å². The van der Waals surface area contributed by atoms with Crippen molar-refractivity contribution in [1.29, 1.82) is 0 Å². The molecule has 0 amide bonds. The van der Waals surface area contributed by atoms with E-state index >= 15 is 0 Å². The van der Waals surface area contributed by atoms with Gasteiger partial charge in [0, 0.05) is 43.0 Å². The van der Waals surface area contributed by atoms with E-state index in [1.165, 1.54) is 95.3 Å². The van der Waals surface area contributed by atoms with Crippen LogP contribution in [0.1, 0.15) is 94.5 Å². The number of rotatable bonds is 10. The molecule has 0 spiro atoms. The normalized spacial score (nSPS) is 16.1. The summed E-state index contributed by atoms with van der Waals surface area (Å²) in [4.78, 5) is 1.34. The van der Waals surface area contributed by atoms with E-state index in [-0.39, 0.29) is 0 Å². The van der Waals surface area contributed by atoms with Crippen molar-refractivity contribution in [3.63, 3.8) is 0 Å². The Morgan fingerprint density at radius 3 is 2.14 bits per heavy atom. The number of fused-ring (bicyclic) bond motifs is 3. The zero-order valence-corrected chi connectivity index (χ0v) is 36.9. The zero-order valence-electron chi connectivity index (χ0n) is 35.3. The van der Waals surface area contributed by atoms with E-state index in [2.05, 4.69) is 193 Å². The van der Waals surface area contributed by atoms with Gasteiger partial charge in [0.1, 0.15) is 0 Å². The van der Waals surface area contributed by atoms with Crippen molar-refractivity contribution in [2.75, 3.05) is 6.26 Å². The van der Waals surface area contributed by atoms with Crippen molar-refractivity contribution in [1.82, 2.24) is 0 Å². The number of thiophene rings is 1. The molecule has 1 aromatic heterocycles. The fraction of sp³-hybridized carbons (Fsp3) is 0.315. The van der Waals surface area contributed by atoms with Crippen LogP contribution in [0.2, 0.25) is 0 Å². The maximum Gasteiger partial charge on any atom is 0.0355 e. The summed E-state index contributed by atoms with van der Waals surface area (Å²) in [6.07, 6.45) is 19.2. The lowest BCUT2D eigenvalue weighted by Crippen LogP contribution is -2.18. The molecule has 3 unspecified atom stereocenters. The summed E-state index contributed by atoms with van der Waals surface area (Å²) in [6.45, 7) is 17.7. The van der Waals surface area contributed by atoms with E-state index in [9.17, 15) is 0 Å². The van der Waals surface area contributed by atoms with E-state index in [0.717, 1.165) is 6.42 Å². The third-order valence-electron chi connectivity index (χ3n) is 11.1. The average Bonchev–Trinajstić information content (AvgIpc) is 3.98. The predicted molar refractivity (Wildman–Crippen MR) is 253 cm³/mol. The average molecular weight is 775 g/mol. The lowest BCUT2D eigenvalue weighted by atomic mass is 9.77. The van der Waals surface area contributed by atoms with Gasteiger partial charge in [-0.25, -0.2) is 0 Å². The maximum atomic E-state index is 3.17. The van der Waals surface area contributed by atoms with Crippen LogP contribution in [0.4, 0.5) is 0 Å². The van der Waals surface area contributed by atoms with Crippen LogP contribution in [0.25, 0.3) is 31.3 Å². The Kier molecular flexibility index (Phi) is 15.8. The fourth-order valence-corrected chi connectivity index (χ4v) is 9.36. The molecule has 0 saturated carbocycles. The monoisotopic (exact) mass is 774 g/mol. The Hall–Kier alpha value is -4.33. The van der Waals surface area contributed by atoms with Gasteiger partial charge in [-0.15, -0.1) is 28.8 Å². The smallest absolute Gasteiger partial charge is 0.0355 e. The minimum atomic E-state index is 0.439. The molecular weight excluding hydrogens is 713 g/mol. The highest BCUT2D eigenvalue weighted by Gasteiger charge is 2.22. The summed E-state index contributed by atoms with van der Waals surface area (Å²) in [7, 11) is 0.